The topological polar surface area (TPSA) is 3.24 Å². The van der Waals surface area contributed by atoms with E-state index in [0.717, 1.165) is 11.4 Å². The predicted octanol–water partition coefficient (Wildman–Crippen LogP) is 17.3. The second-order valence-corrected chi connectivity index (χ2v) is 19.3. The van der Waals surface area contributed by atoms with Gasteiger partial charge in [-0.15, -0.1) is 0 Å². The summed E-state index contributed by atoms with van der Waals surface area (Å²) < 4.78 is 0. The van der Waals surface area contributed by atoms with Crippen LogP contribution in [0.2, 0.25) is 0 Å². The Balaban J connectivity index is 1.07. The maximum atomic E-state index is 2.66. The number of anilines is 3. The van der Waals surface area contributed by atoms with Crippen molar-refractivity contribution in [1.82, 2.24) is 0 Å². The average molecular weight is 872 g/mol. The Labute approximate surface area is 400 Å². The second kappa shape index (κ2) is 13.4. The molecule has 16 rings (SSSR count). The number of fused-ring (bicyclic) bond motifs is 26. The third kappa shape index (κ3) is 4.47. The second-order valence-electron chi connectivity index (χ2n) is 19.3. The average Bonchev–Trinajstić information content (AvgIpc) is 4.10. The van der Waals surface area contributed by atoms with E-state index in [-0.39, 0.29) is 0 Å². The minimum Gasteiger partial charge on any atom is -0.309 e. The summed E-state index contributed by atoms with van der Waals surface area (Å²) in [6.45, 7) is 0. The van der Waals surface area contributed by atoms with E-state index in [1.54, 1.807) is 0 Å². The minimum atomic E-state index is -0.565. The van der Waals surface area contributed by atoms with Gasteiger partial charge in [-0.2, -0.15) is 0 Å². The van der Waals surface area contributed by atoms with Crippen molar-refractivity contribution in [2.45, 2.75) is 10.8 Å². The van der Waals surface area contributed by atoms with Gasteiger partial charge in [0, 0.05) is 16.6 Å². The number of nitrogens with zero attached hydrogens (tertiary/aromatic N) is 1. The van der Waals surface area contributed by atoms with E-state index in [2.05, 4.69) is 254 Å². The van der Waals surface area contributed by atoms with Crippen molar-refractivity contribution < 1.29 is 0 Å². The quantitative estimate of drug-likeness (QED) is 0.160. The molecule has 0 radical (unpaired) electrons. The molecule has 318 valence electrons. The van der Waals surface area contributed by atoms with Gasteiger partial charge < -0.3 is 4.90 Å². The Morgan fingerprint density at radius 3 is 1.06 bits per heavy atom. The predicted molar refractivity (Wildman–Crippen MR) is 286 cm³/mol. The molecule has 0 bridgehead atoms. The molecule has 0 N–H and O–H groups in total. The van der Waals surface area contributed by atoms with Crippen molar-refractivity contribution in [3.05, 3.63) is 293 Å². The summed E-state index contributed by atoms with van der Waals surface area (Å²) in [5.41, 5.74) is 23.5. The van der Waals surface area contributed by atoms with Gasteiger partial charge in [0.25, 0.3) is 0 Å². The fourth-order valence-corrected chi connectivity index (χ4v) is 14.1. The highest BCUT2D eigenvalue weighted by atomic mass is 15.1. The summed E-state index contributed by atoms with van der Waals surface area (Å²) in [6.07, 6.45) is 0. The molecule has 0 saturated heterocycles. The maximum Gasteiger partial charge on any atom is 0.0746 e. The van der Waals surface area contributed by atoms with E-state index in [9.17, 15) is 0 Å². The third-order valence-electron chi connectivity index (χ3n) is 16.5. The molecule has 0 amide bonds. The first-order valence-corrected chi connectivity index (χ1v) is 24.3. The van der Waals surface area contributed by atoms with Gasteiger partial charge in [0.1, 0.15) is 0 Å². The van der Waals surface area contributed by atoms with E-state index in [1.165, 1.54) is 127 Å². The first-order valence-electron chi connectivity index (χ1n) is 24.3. The summed E-state index contributed by atoms with van der Waals surface area (Å²) >= 11 is 0. The van der Waals surface area contributed by atoms with Gasteiger partial charge in [0.15, 0.2) is 0 Å². The fraction of sp³-hybridized carbons (Fsp3) is 0.0294. The van der Waals surface area contributed by atoms with Crippen LogP contribution >= 0.6 is 0 Å². The van der Waals surface area contributed by atoms with Gasteiger partial charge in [-0.1, -0.05) is 224 Å². The SMILES string of the molecule is c1ccc2c(c1)-c1ccccc1C21c2ccccc2-c2ccc(N(c3cccc4c3C3(c5ccccc5-c5ccccc53)c3ccccc3-4)c3cccc4c5ccccc5c5ccccc5c34)cc21. The Morgan fingerprint density at radius 2 is 0.565 bits per heavy atom. The molecule has 0 aliphatic heterocycles. The lowest BCUT2D eigenvalue weighted by atomic mass is 9.69. The molecular formula is C68H41N. The Bertz CT molecular complexity index is 4060. The van der Waals surface area contributed by atoms with E-state index < -0.39 is 10.8 Å². The molecule has 12 aromatic carbocycles. The van der Waals surface area contributed by atoms with Crippen LogP contribution in [0.3, 0.4) is 0 Å². The zero-order valence-corrected chi connectivity index (χ0v) is 37.6. The molecule has 0 saturated carbocycles. The monoisotopic (exact) mass is 871 g/mol. The van der Waals surface area contributed by atoms with Gasteiger partial charge in [0.2, 0.25) is 0 Å². The van der Waals surface area contributed by atoms with Crippen LogP contribution in [0.5, 0.6) is 0 Å². The first-order chi connectivity index (χ1) is 34.3. The zero-order chi connectivity index (χ0) is 45.0. The highest BCUT2D eigenvalue weighted by Gasteiger charge is 2.54. The molecule has 0 aromatic heterocycles. The molecule has 1 nitrogen and oxygen atoms in total. The molecule has 69 heavy (non-hydrogen) atoms. The van der Waals surface area contributed by atoms with Gasteiger partial charge in [-0.05, 0) is 135 Å². The molecule has 1 heteroatoms. The number of hydrogen-bond acceptors (Lipinski definition) is 1. The molecule has 0 heterocycles. The van der Waals surface area contributed by atoms with Crippen LogP contribution in [0, 0.1) is 0 Å². The molecule has 4 aliphatic carbocycles. The van der Waals surface area contributed by atoms with Crippen LogP contribution in [-0.4, -0.2) is 0 Å². The van der Waals surface area contributed by atoms with Crippen molar-refractivity contribution in [3.63, 3.8) is 0 Å². The molecule has 0 atom stereocenters. The summed E-state index contributed by atoms with van der Waals surface area (Å²) in [6, 6.07) is 94.5. The fourth-order valence-electron chi connectivity index (χ4n) is 14.1. The van der Waals surface area contributed by atoms with Crippen molar-refractivity contribution in [3.8, 4) is 44.5 Å². The lowest BCUT2D eigenvalue weighted by Crippen LogP contribution is -2.28. The molecule has 0 fully saturated rings. The van der Waals surface area contributed by atoms with Crippen LogP contribution in [0.4, 0.5) is 17.1 Å². The lowest BCUT2D eigenvalue weighted by Gasteiger charge is -2.37. The molecule has 4 aliphatic rings. The highest BCUT2D eigenvalue weighted by Crippen LogP contribution is 2.67. The normalized spacial score (nSPS) is 14.3. The van der Waals surface area contributed by atoms with Crippen LogP contribution in [0.1, 0.15) is 44.5 Å². The van der Waals surface area contributed by atoms with Gasteiger partial charge in [-0.3, -0.25) is 0 Å². The summed E-state index contributed by atoms with van der Waals surface area (Å²) in [5.74, 6) is 0. The number of benzene rings is 12. The first kappa shape index (κ1) is 37.3. The van der Waals surface area contributed by atoms with E-state index in [1.807, 2.05) is 0 Å². The minimum absolute atomic E-state index is 0.498. The van der Waals surface area contributed by atoms with Crippen molar-refractivity contribution in [2.24, 2.45) is 0 Å². The van der Waals surface area contributed by atoms with E-state index in [0.29, 0.717) is 0 Å². The number of hydrogen-bond donors (Lipinski definition) is 0. The smallest absolute Gasteiger partial charge is 0.0746 e. The Kier molecular flexibility index (Phi) is 7.27. The van der Waals surface area contributed by atoms with E-state index in [4.69, 9.17) is 0 Å². The number of rotatable bonds is 3. The summed E-state index contributed by atoms with van der Waals surface area (Å²) in [4.78, 5) is 2.66. The third-order valence-corrected chi connectivity index (χ3v) is 16.5. The maximum absolute atomic E-state index is 2.66. The van der Waals surface area contributed by atoms with Gasteiger partial charge >= 0.3 is 0 Å². The molecule has 0 unspecified atom stereocenters. The van der Waals surface area contributed by atoms with E-state index >= 15 is 0 Å². The van der Waals surface area contributed by atoms with Crippen LogP contribution in [0.25, 0.3) is 76.8 Å². The van der Waals surface area contributed by atoms with Crippen LogP contribution < -0.4 is 4.90 Å². The zero-order valence-electron chi connectivity index (χ0n) is 37.6. The summed E-state index contributed by atoms with van der Waals surface area (Å²) in [7, 11) is 0. The largest absolute Gasteiger partial charge is 0.309 e. The van der Waals surface area contributed by atoms with Crippen molar-refractivity contribution in [1.29, 1.82) is 0 Å². The molecular weight excluding hydrogens is 831 g/mol. The standard InChI is InChI=1S/C68H41N/c1-2-20-45-43(19-1)44-21-3-4-28-53(44)65-54(45)29-17-37-63(65)69(42-39-40-52-50-26-7-13-33-58(50)67(62(52)41-42)56-31-11-5-22-46(56)47-23-6-12-32-57(47)67)64-38-18-30-55-51-27-10-16-36-61(51)68(66(55)64)59-34-14-8-24-48(59)49-25-9-15-35-60(49)68/h1-41H. The van der Waals surface area contributed by atoms with Crippen molar-refractivity contribution >= 4 is 49.4 Å². The van der Waals surface area contributed by atoms with Crippen LogP contribution in [0.15, 0.2) is 249 Å². The molecule has 12 aromatic rings. The Hall–Kier alpha value is -8.78. The Morgan fingerprint density at radius 1 is 0.232 bits per heavy atom. The summed E-state index contributed by atoms with van der Waals surface area (Å²) in [5, 5.41) is 7.54. The highest BCUT2D eigenvalue weighted by molar-refractivity contribution is 6.29. The van der Waals surface area contributed by atoms with Gasteiger partial charge in [0.05, 0.1) is 22.2 Å². The lowest BCUT2D eigenvalue weighted by molar-refractivity contribution is 0.790. The van der Waals surface area contributed by atoms with Crippen LogP contribution in [-0.2, 0) is 10.8 Å². The van der Waals surface area contributed by atoms with Crippen molar-refractivity contribution in [2.75, 3.05) is 4.90 Å². The van der Waals surface area contributed by atoms with Gasteiger partial charge in [-0.25, -0.2) is 0 Å². The molecule has 2 spiro atoms.